The molecule has 0 aliphatic carbocycles. The molecule has 1 unspecified atom stereocenters. The van der Waals surface area contributed by atoms with Crippen molar-refractivity contribution in [2.24, 2.45) is 5.73 Å². The molecule has 3 heteroatoms. The summed E-state index contributed by atoms with van der Waals surface area (Å²) in [6.07, 6.45) is 2.70. The van der Waals surface area contributed by atoms with Crippen molar-refractivity contribution in [1.82, 2.24) is 4.98 Å². The first-order valence-electron chi connectivity index (χ1n) is 5.67. The Morgan fingerprint density at radius 2 is 2.12 bits per heavy atom. The maximum Gasteiger partial charge on any atom is 0.0729 e. The van der Waals surface area contributed by atoms with Crippen molar-refractivity contribution < 1.29 is 0 Å². The fourth-order valence-electron chi connectivity index (χ4n) is 1.89. The first kappa shape index (κ1) is 12.1. The van der Waals surface area contributed by atoms with Crippen molar-refractivity contribution in [3.05, 3.63) is 64.4 Å². The molecule has 1 aromatic carbocycles. The lowest BCUT2D eigenvalue weighted by molar-refractivity contribution is 0.806. The molecule has 1 aromatic heterocycles. The lowest BCUT2D eigenvalue weighted by atomic mass is 9.99. The van der Waals surface area contributed by atoms with Crippen LogP contribution >= 0.6 is 11.6 Å². The average Bonchev–Trinajstić information content (AvgIpc) is 2.38. The van der Waals surface area contributed by atoms with Crippen LogP contribution in [0.25, 0.3) is 0 Å². The van der Waals surface area contributed by atoms with E-state index in [2.05, 4.69) is 18.0 Å². The summed E-state index contributed by atoms with van der Waals surface area (Å²) < 4.78 is 0. The number of hydrogen-bond acceptors (Lipinski definition) is 2. The number of nitrogens with zero attached hydrogens (tertiary/aromatic N) is 1. The largest absolute Gasteiger partial charge is 0.319 e. The van der Waals surface area contributed by atoms with Gasteiger partial charge in [0.15, 0.2) is 0 Å². The summed E-state index contributed by atoms with van der Waals surface area (Å²) in [6.45, 7) is 2.10. The number of hydrogen-bond donors (Lipinski definition) is 1. The quantitative estimate of drug-likeness (QED) is 0.902. The molecule has 2 nitrogen and oxygen atoms in total. The predicted molar refractivity (Wildman–Crippen MR) is 71.1 cm³/mol. The van der Waals surface area contributed by atoms with Crippen LogP contribution in [-0.2, 0) is 6.42 Å². The molecule has 2 rings (SSSR count). The molecular formula is C14H15ClN2. The Labute approximate surface area is 106 Å². The average molecular weight is 247 g/mol. The second kappa shape index (κ2) is 5.30. The van der Waals surface area contributed by atoms with Crippen LogP contribution in [0.2, 0.25) is 5.02 Å². The van der Waals surface area contributed by atoms with Crippen LogP contribution in [0.1, 0.15) is 29.8 Å². The lowest BCUT2D eigenvalue weighted by Gasteiger charge is -2.15. The van der Waals surface area contributed by atoms with Crippen LogP contribution in [0.15, 0.2) is 42.6 Å². The van der Waals surface area contributed by atoms with E-state index in [0.717, 1.165) is 17.7 Å². The third kappa shape index (κ3) is 2.65. The first-order chi connectivity index (χ1) is 8.22. The zero-order valence-electron chi connectivity index (χ0n) is 9.73. The summed E-state index contributed by atoms with van der Waals surface area (Å²) in [6, 6.07) is 11.4. The van der Waals surface area contributed by atoms with Gasteiger partial charge in [0.2, 0.25) is 0 Å². The van der Waals surface area contributed by atoms with Crippen molar-refractivity contribution in [1.29, 1.82) is 0 Å². The van der Waals surface area contributed by atoms with E-state index in [-0.39, 0.29) is 6.04 Å². The highest BCUT2D eigenvalue weighted by Gasteiger charge is 2.13. The second-order valence-corrected chi connectivity index (χ2v) is 4.37. The summed E-state index contributed by atoms with van der Waals surface area (Å²) in [5, 5.41) is 0.701. The summed E-state index contributed by atoms with van der Waals surface area (Å²) in [4.78, 5) is 4.39. The minimum Gasteiger partial charge on any atom is -0.319 e. The molecule has 0 saturated heterocycles. The molecule has 0 fully saturated rings. The lowest BCUT2D eigenvalue weighted by Crippen LogP contribution is -2.15. The molecule has 0 radical (unpaired) electrons. The second-order valence-electron chi connectivity index (χ2n) is 3.93. The molecule has 1 heterocycles. The van der Waals surface area contributed by atoms with Gasteiger partial charge in [0, 0.05) is 11.2 Å². The van der Waals surface area contributed by atoms with Crippen molar-refractivity contribution in [2.75, 3.05) is 0 Å². The van der Waals surface area contributed by atoms with Gasteiger partial charge in [-0.3, -0.25) is 4.98 Å². The maximum absolute atomic E-state index is 6.24. The van der Waals surface area contributed by atoms with Gasteiger partial charge >= 0.3 is 0 Å². The molecule has 0 spiro atoms. The molecule has 0 aliphatic heterocycles. The Hall–Kier alpha value is -1.38. The molecule has 0 saturated carbocycles. The van der Waals surface area contributed by atoms with Gasteiger partial charge in [0.25, 0.3) is 0 Å². The summed E-state index contributed by atoms with van der Waals surface area (Å²) in [5.41, 5.74) is 9.34. The van der Waals surface area contributed by atoms with Crippen molar-refractivity contribution in [2.45, 2.75) is 19.4 Å². The van der Waals surface area contributed by atoms with Gasteiger partial charge in [-0.15, -0.1) is 0 Å². The van der Waals surface area contributed by atoms with Crippen LogP contribution in [0.5, 0.6) is 0 Å². The molecule has 2 aromatic rings. The SMILES string of the molecule is CCc1cccnc1C(N)c1cccc(Cl)c1. The molecule has 88 valence electrons. The molecule has 0 amide bonds. The van der Waals surface area contributed by atoms with E-state index in [0.29, 0.717) is 5.02 Å². The van der Waals surface area contributed by atoms with E-state index in [4.69, 9.17) is 17.3 Å². The van der Waals surface area contributed by atoms with E-state index in [1.54, 1.807) is 6.20 Å². The third-order valence-corrected chi connectivity index (χ3v) is 3.04. The van der Waals surface area contributed by atoms with Crippen molar-refractivity contribution >= 4 is 11.6 Å². The number of halogens is 1. The minimum absolute atomic E-state index is 0.218. The number of pyridine rings is 1. The van der Waals surface area contributed by atoms with Gasteiger partial charge in [-0.05, 0) is 35.7 Å². The number of aryl methyl sites for hydroxylation is 1. The van der Waals surface area contributed by atoms with Gasteiger partial charge in [-0.1, -0.05) is 36.7 Å². The third-order valence-electron chi connectivity index (χ3n) is 2.81. The van der Waals surface area contributed by atoms with E-state index >= 15 is 0 Å². The van der Waals surface area contributed by atoms with Gasteiger partial charge in [0.05, 0.1) is 11.7 Å². The number of aromatic nitrogens is 1. The van der Waals surface area contributed by atoms with Gasteiger partial charge in [-0.25, -0.2) is 0 Å². The van der Waals surface area contributed by atoms with Crippen molar-refractivity contribution in [3.63, 3.8) is 0 Å². The smallest absolute Gasteiger partial charge is 0.0729 e. The van der Waals surface area contributed by atoms with E-state index in [1.807, 2.05) is 30.3 Å². The number of nitrogens with two attached hydrogens (primary N) is 1. The van der Waals surface area contributed by atoms with Crippen LogP contribution in [0, 0.1) is 0 Å². The normalized spacial score (nSPS) is 12.4. The van der Waals surface area contributed by atoms with Gasteiger partial charge < -0.3 is 5.73 Å². The topological polar surface area (TPSA) is 38.9 Å². The Balaban J connectivity index is 2.40. The van der Waals surface area contributed by atoms with Gasteiger partial charge in [-0.2, -0.15) is 0 Å². The highest BCUT2D eigenvalue weighted by molar-refractivity contribution is 6.30. The van der Waals surface area contributed by atoms with E-state index in [1.165, 1.54) is 5.56 Å². The summed E-state index contributed by atoms with van der Waals surface area (Å²) in [5.74, 6) is 0. The van der Waals surface area contributed by atoms with Gasteiger partial charge in [0.1, 0.15) is 0 Å². The summed E-state index contributed by atoms with van der Waals surface area (Å²) in [7, 11) is 0. The molecule has 1 atom stereocenters. The molecular weight excluding hydrogens is 232 g/mol. The van der Waals surface area contributed by atoms with Crippen LogP contribution in [-0.4, -0.2) is 4.98 Å². The molecule has 0 bridgehead atoms. The number of benzene rings is 1. The standard InChI is InChI=1S/C14H15ClN2/c1-2-10-6-4-8-17-14(10)13(16)11-5-3-7-12(15)9-11/h3-9,13H,2,16H2,1H3. The van der Waals surface area contributed by atoms with Crippen molar-refractivity contribution in [3.8, 4) is 0 Å². The highest BCUT2D eigenvalue weighted by atomic mass is 35.5. The Morgan fingerprint density at radius 1 is 1.29 bits per heavy atom. The monoisotopic (exact) mass is 246 g/mol. The Bertz CT molecular complexity index is 511. The van der Waals surface area contributed by atoms with E-state index < -0.39 is 0 Å². The zero-order chi connectivity index (χ0) is 12.3. The molecule has 0 aliphatic rings. The van der Waals surface area contributed by atoms with Crippen LogP contribution in [0.3, 0.4) is 0 Å². The molecule has 17 heavy (non-hydrogen) atoms. The number of rotatable bonds is 3. The van der Waals surface area contributed by atoms with Crippen LogP contribution < -0.4 is 5.73 Å². The predicted octanol–water partition coefficient (Wildman–Crippen LogP) is 3.35. The highest BCUT2D eigenvalue weighted by Crippen LogP contribution is 2.23. The Morgan fingerprint density at radius 3 is 2.82 bits per heavy atom. The van der Waals surface area contributed by atoms with E-state index in [9.17, 15) is 0 Å². The van der Waals surface area contributed by atoms with Crippen LogP contribution in [0.4, 0.5) is 0 Å². The fraction of sp³-hybridized carbons (Fsp3) is 0.214. The fourth-order valence-corrected chi connectivity index (χ4v) is 2.09. The molecule has 2 N–H and O–H groups in total. The first-order valence-corrected chi connectivity index (χ1v) is 6.05. The Kier molecular flexibility index (Phi) is 3.77. The zero-order valence-corrected chi connectivity index (χ0v) is 10.5. The minimum atomic E-state index is -0.218. The summed E-state index contributed by atoms with van der Waals surface area (Å²) >= 11 is 5.97. The maximum atomic E-state index is 6.24.